The summed E-state index contributed by atoms with van der Waals surface area (Å²) in [5.74, 6) is 0. The molecule has 0 saturated heterocycles. The minimum Gasteiger partial charge on any atom is -0.148 e. The fraction of sp³-hybridized carbons (Fsp3) is 0.333. The van der Waals surface area contributed by atoms with Gasteiger partial charge in [0, 0.05) is 4.88 Å². The second kappa shape index (κ2) is 1.10. The molecule has 35 valence electrons. The Labute approximate surface area is 46.8 Å². The molecular weight excluding hydrogens is 104 g/mol. The Morgan fingerprint density at radius 3 is 2.86 bits per heavy atom. The summed E-state index contributed by atoms with van der Waals surface area (Å²) < 4.78 is 0. The highest BCUT2D eigenvalue weighted by Gasteiger charge is 2.12. The van der Waals surface area contributed by atoms with Crippen molar-refractivity contribution in [3.05, 3.63) is 21.9 Å². The molecule has 2 rings (SSSR count). The first-order chi connectivity index (χ1) is 3.47. The second-order valence-electron chi connectivity index (χ2n) is 1.78. The van der Waals surface area contributed by atoms with Crippen LogP contribution in [-0.2, 0) is 12.8 Å². The van der Waals surface area contributed by atoms with E-state index in [9.17, 15) is 0 Å². The van der Waals surface area contributed by atoms with Crippen LogP contribution in [0.5, 0.6) is 0 Å². The van der Waals surface area contributed by atoms with E-state index in [0.29, 0.717) is 0 Å². The van der Waals surface area contributed by atoms with Gasteiger partial charge in [0.1, 0.15) is 0 Å². The van der Waals surface area contributed by atoms with Gasteiger partial charge in [-0.25, -0.2) is 0 Å². The summed E-state index contributed by atoms with van der Waals surface area (Å²) >= 11 is 1.84. The molecule has 1 heterocycles. The predicted octanol–water partition coefficient (Wildman–Crippen LogP) is 1.65. The van der Waals surface area contributed by atoms with E-state index in [1.165, 1.54) is 18.4 Å². The topological polar surface area (TPSA) is 0 Å². The molecule has 0 spiro atoms. The van der Waals surface area contributed by atoms with Gasteiger partial charge < -0.3 is 0 Å². The molecule has 0 fully saturated rings. The van der Waals surface area contributed by atoms with Gasteiger partial charge in [-0.1, -0.05) is 0 Å². The minimum atomic E-state index is 1.28. The van der Waals surface area contributed by atoms with Crippen molar-refractivity contribution in [1.29, 1.82) is 0 Å². The SMILES string of the molecule is [c]1csc2c1CC2. The lowest BCUT2D eigenvalue weighted by molar-refractivity contribution is 0.870. The third-order valence-electron chi connectivity index (χ3n) is 1.37. The van der Waals surface area contributed by atoms with Gasteiger partial charge in [0.25, 0.3) is 0 Å². The van der Waals surface area contributed by atoms with E-state index in [0.717, 1.165) is 0 Å². The van der Waals surface area contributed by atoms with Crippen LogP contribution < -0.4 is 0 Å². The highest BCUT2D eigenvalue weighted by molar-refractivity contribution is 7.10. The average Bonchev–Trinajstić information content (AvgIpc) is 1.85. The minimum absolute atomic E-state index is 1.28. The zero-order chi connectivity index (χ0) is 4.69. The Morgan fingerprint density at radius 1 is 1.57 bits per heavy atom. The first kappa shape index (κ1) is 3.67. The van der Waals surface area contributed by atoms with Gasteiger partial charge in [0.2, 0.25) is 0 Å². The second-order valence-corrected chi connectivity index (χ2v) is 2.75. The Hall–Kier alpha value is -0.300. The molecule has 1 aliphatic carbocycles. The number of hydrogen-bond acceptors (Lipinski definition) is 1. The smallest absolute Gasteiger partial charge is 0.00870 e. The van der Waals surface area contributed by atoms with Gasteiger partial charge >= 0.3 is 0 Å². The van der Waals surface area contributed by atoms with Gasteiger partial charge in [-0.05, 0) is 29.9 Å². The molecule has 0 atom stereocenters. The van der Waals surface area contributed by atoms with Gasteiger partial charge in [-0.3, -0.25) is 0 Å². The number of thiophene rings is 1. The molecule has 1 aromatic heterocycles. The van der Waals surface area contributed by atoms with E-state index < -0.39 is 0 Å². The number of rotatable bonds is 0. The van der Waals surface area contributed by atoms with Gasteiger partial charge in [-0.15, -0.1) is 11.3 Å². The Kier molecular flexibility index (Phi) is 0.577. The van der Waals surface area contributed by atoms with Crippen molar-refractivity contribution in [2.24, 2.45) is 0 Å². The predicted molar refractivity (Wildman–Crippen MR) is 30.6 cm³/mol. The Morgan fingerprint density at radius 2 is 2.57 bits per heavy atom. The van der Waals surface area contributed by atoms with Crippen LogP contribution in [0.15, 0.2) is 5.38 Å². The van der Waals surface area contributed by atoms with Crippen LogP contribution in [0.3, 0.4) is 0 Å². The molecule has 1 aliphatic rings. The first-order valence-corrected chi connectivity index (χ1v) is 3.32. The summed E-state index contributed by atoms with van der Waals surface area (Å²) in [6.45, 7) is 0. The van der Waals surface area contributed by atoms with Gasteiger partial charge in [0.15, 0.2) is 0 Å². The average molecular weight is 109 g/mol. The molecule has 0 aromatic carbocycles. The molecule has 0 unspecified atom stereocenters. The van der Waals surface area contributed by atoms with E-state index in [1.807, 2.05) is 11.3 Å². The summed E-state index contributed by atoms with van der Waals surface area (Å²) in [4.78, 5) is 1.56. The number of aryl methyl sites for hydroxylation is 2. The maximum atomic E-state index is 3.17. The van der Waals surface area contributed by atoms with E-state index in [4.69, 9.17) is 0 Å². The van der Waals surface area contributed by atoms with Crippen LogP contribution >= 0.6 is 11.3 Å². The van der Waals surface area contributed by atoms with Crippen LogP contribution in [0.4, 0.5) is 0 Å². The molecule has 7 heavy (non-hydrogen) atoms. The van der Waals surface area contributed by atoms with Gasteiger partial charge in [0.05, 0.1) is 0 Å². The zero-order valence-electron chi connectivity index (χ0n) is 3.90. The normalized spacial score (nSPS) is 15.4. The summed E-state index contributed by atoms with van der Waals surface area (Å²) in [5.41, 5.74) is 1.46. The quantitative estimate of drug-likeness (QED) is 0.475. The van der Waals surface area contributed by atoms with Crippen LogP contribution in [-0.4, -0.2) is 0 Å². The van der Waals surface area contributed by atoms with Crippen LogP contribution in [0, 0.1) is 6.07 Å². The van der Waals surface area contributed by atoms with Crippen molar-refractivity contribution in [3.63, 3.8) is 0 Å². The summed E-state index contributed by atoms with van der Waals surface area (Å²) in [6.07, 6.45) is 2.59. The lowest BCUT2D eigenvalue weighted by Gasteiger charge is -2.09. The lowest BCUT2D eigenvalue weighted by atomic mass is 9.99. The Bertz CT molecular complexity index is 158. The molecule has 0 saturated carbocycles. The third kappa shape index (κ3) is 0.361. The number of fused-ring (bicyclic) bond motifs is 1. The highest BCUT2D eigenvalue weighted by atomic mass is 32.1. The fourth-order valence-corrected chi connectivity index (χ4v) is 1.67. The van der Waals surface area contributed by atoms with Crippen molar-refractivity contribution < 1.29 is 0 Å². The number of hydrogen-bond donors (Lipinski definition) is 0. The van der Waals surface area contributed by atoms with Gasteiger partial charge in [-0.2, -0.15) is 0 Å². The van der Waals surface area contributed by atoms with E-state index in [-0.39, 0.29) is 0 Å². The van der Waals surface area contributed by atoms with E-state index >= 15 is 0 Å². The summed E-state index contributed by atoms with van der Waals surface area (Å²) in [5, 5.41) is 2.05. The maximum Gasteiger partial charge on any atom is 0.00870 e. The summed E-state index contributed by atoms with van der Waals surface area (Å²) in [6, 6.07) is 3.17. The first-order valence-electron chi connectivity index (χ1n) is 2.44. The van der Waals surface area contributed by atoms with Crippen LogP contribution in [0.1, 0.15) is 10.4 Å². The van der Waals surface area contributed by atoms with Crippen molar-refractivity contribution in [2.75, 3.05) is 0 Å². The van der Waals surface area contributed by atoms with Crippen molar-refractivity contribution in [2.45, 2.75) is 12.8 Å². The highest BCUT2D eigenvalue weighted by Crippen LogP contribution is 2.26. The van der Waals surface area contributed by atoms with Crippen molar-refractivity contribution in [3.8, 4) is 0 Å². The largest absolute Gasteiger partial charge is 0.148 e. The monoisotopic (exact) mass is 109 g/mol. The Balaban J connectivity index is 2.69. The summed E-state index contributed by atoms with van der Waals surface area (Å²) in [7, 11) is 0. The molecule has 1 heteroatoms. The zero-order valence-corrected chi connectivity index (χ0v) is 4.72. The molecule has 0 aliphatic heterocycles. The fourth-order valence-electron chi connectivity index (χ4n) is 0.807. The van der Waals surface area contributed by atoms with E-state index in [2.05, 4.69) is 11.4 Å². The van der Waals surface area contributed by atoms with Crippen molar-refractivity contribution in [1.82, 2.24) is 0 Å². The molecule has 0 bridgehead atoms. The molecule has 1 aromatic rings. The van der Waals surface area contributed by atoms with Crippen molar-refractivity contribution >= 4 is 11.3 Å². The molecule has 0 nitrogen and oxygen atoms in total. The third-order valence-corrected chi connectivity index (χ3v) is 2.34. The molecule has 1 radical (unpaired) electrons. The molecular formula is C6H5S. The standard InChI is InChI=1S/C6H5S/c1-2-6-5(1)3-4-7-6/h4H,1-2H2. The lowest BCUT2D eigenvalue weighted by Crippen LogP contribution is -2.01. The van der Waals surface area contributed by atoms with E-state index in [1.54, 1.807) is 4.88 Å². The van der Waals surface area contributed by atoms with Crippen LogP contribution in [0.25, 0.3) is 0 Å². The maximum absolute atomic E-state index is 3.17. The van der Waals surface area contributed by atoms with Crippen LogP contribution in [0.2, 0.25) is 0 Å². The molecule has 0 amide bonds. The molecule has 0 N–H and O–H groups in total.